The van der Waals surface area contributed by atoms with Crippen LogP contribution in [0.4, 0.5) is 0 Å². The number of aryl methyl sites for hydroxylation is 4. The van der Waals surface area contributed by atoms with Crippen molar-refractivity contribution in [1.82, 2.24) is 9.13 Å². The van der Waals surface area contributed by atoms with E-state index in [4.69, 9.17) is 10.8 Å². The van der Waals surface area contributed by atoms with Gasteiger partial charge >= 0.3 is 0 Å². The molecule has 26 heavy (non-hydrogen) atoms. The van der Waals surface area contributed by atoms with Crippen LogP contribution in [-0.4, -0.2) is 9.13 Å². The number of rotatable bonds is 9. The number of hydrogen-bond donors (Lipinski definition) is 2. The molecule has 2 aromatic heterocycles. The van der Waals surface area contributed by atoms with Crippen molar-refractivity contribution in [3.8, 4) is 0 Å². The van der Waals surface area contributed by atoms with Crippen LogP contribution in [-0.2, 0) is 13.1 Å². The Hall–Kier alpha value is -1.14. The summed E-state index contributed by atoms with van der Waals surface area (Å²) in [6.45, 7) is 5.88. The van der Waals surface area contributed by atoms with Gasteiger partial charge in [-0.15, -0.1) is 34.0 Å². The van der Waals surface area contributed by atoms with Gasteiger partial charge in [0.1, 0.15) is 11.0 Å². The molecule has 0 unspecified atom stereocenters. The monoisotopic (exact) mass is 486 g/mol. The lowest BCUT2D eigenvalue weighted by molar-refractivity contribution is 0.517. The molecule has 2 N–H and O–H groups in total. The van der Waals surface area contributed by atoms with Gasteiger partial charge in [0.2, 0.25) is 0 Å². The number of halogens is 2. The first-order valence-electron chi connectivity index (χ1n) is 9.01. The first-order valence-corrected chi connectivity index (χ1v) is 9.01. The van der Waals surface area contributed by atoms with Gasteiger partial charge in [-0.1, -0.05) is 37.8 Å². The molecule has 0 spiro atoms. The van der Waals surface area contributed by atoms with Crippen molar-refractivity contribution in [1.29, 1.82) is 10.8 Å². The maximum absolute atomic E-state index is 8.03. The molecule has 146 valence electrons. The highest BCUT2D eigenvalue weighted by Crippen LogP contribution is 2.07. The van der Waals surface area contributed by atoms with Crippen molar-refractivity contribution in [2.45, 2.75) is 65.5 Å². The van der Waals surface area contributed by atoms with Crippen molar-refractivity contribution in [3.05, 3.63) is 58.8 Å². The predicted octanol–water partition coefficient (Wildman–Crippen LogP) is 5.06. The maximum Gasteiger partial charge on any atom is 0.127 e. The van der Waals surface area contributed by atoms with E-state index in [0.29, 0.717) is 11.0 Å². The van der Waals surface area contributed by atoms with E-state index < -0.39 is 0 Å². The number of hydrogen-bond acceptors (Lipinski definition) is 2. The Morgan fingerprint density at radius 2 is 1.00 bits per heavy atom. The van der Waals surface area contributed by atoms with E-state index in [0.717, 1.165) is 37.1 Å². The molecule has 0 radical (unpaired) electrons. The Morgan fingerprint density at radius 1 is 0.654 bits per heavy atom. The largest absolute Gasteiger partial charge is 0.333 e. The molecule has 4 nitrogen and oxygen atoms in total. The lowest BCUT2D eigenvalue weighted by Gasteiger charge is -2.09. The molecule has 2 aromatic rings. The number of pyridine rings is 2. The molecule has 0 saturated heterocycles. The van der Waals surface area contributed by atoms with Gasteiger partial charge in [-0.25, -0.2) is 0 Å². The fourth-order valence-electron chi connectivity index (χ4n) is 2.99. The highest BCUT2D eigenvalue weighted by atomic mass is 79.9. The zero-order chi connectivity index (χ0) is 17.4. The molecule has 6 heteroatoms. The second-order valence-corrected chi connectivity index (χ2v) is 6.59. The van der Waals surface area contributed by atoms with Gasteiger partial charge in [0, 0.05) is 25.5 Å². The minimum absolute atomic E-state index is 0. The zero-order valence-corrected chi connectivity index (χ0v) is 19.3. The maximum atomic E-state index is 8.03. The summed E-state index contributed by atoms with van der Waals surface area (Å²) in [5.74, 6) is 0. The minimum Gasteiger partial charge on any atom is -0.333 e. The summed E-state index contributed by atoms with van der Waals surface area (Å²) >= 11 is 0. The Morgan fingerprint density at radius 3 is 1.38 bits per heavy atom. The molecule has 0 atom stereocenters. The standard InChI is InChI=1S/C20H30N4.2BrH/c1-17-11-9-15-23(19(17)21)13-7-5-3-4-6-8-14-24-16-10-12-18(2)20(24)22;;/h9-12,15-16,21-22H,3-8,13-14H2,1-2H3;2*1H. The van der Waals surface area contributed by atoms with Crippen LogP contribution in [0.1, 0.15) is 49.7 Å². The Balaban J connectivity index is 0.00000312. The third kappa shape index (κ3) is 7.62. The normalized spacial score (nSPS) is 10.1. The fourth-order valence-corrected chi connectivity index (χ4v) is 2.99. The van der Waals surface area contributed by atoms with Gasteiger partial charge in [0.05, 0.1) is 0 Å². The molecule has 0 amide bonds. The van der Waals surface area contributed by atoms with Crippen LogP contribution >= 0.6 is 34.0 Å². The summed E-state index contributed by atoms with van der Waals surface area (Å²) in [4.78, 5) is 0. The predicted molar refractivity (Wildman–Crippen MR) is 118 cm³/mol. The lowest BCUT2D eigenvalue weighted by atomic mass is 10.1. The van der Waals surface area contributed by atoms with Crippen LogP contribution in [0, 0.1) is 24.7 Å². The molecular formula is C20H32Br2N4. The van der Waals surface area contributed by atoms with Gasteiger partial charge < -0.3 is 9.13 Å². The van der Waals surface area contributed by atoms with Crippen molar-refractivity contribution in [2.75, 3.05) is 0 Å². The number of nitrogens with one attached hydrogen (secondary N) is 2. The summed E-state index contributed by atoms with van der Waals surface area (Å²) < 4.78 is 4.08. The van der Waals surface area contributed by atoms with Crippen LogP contribution in [0.3, 0.4) is 0 Å². The summed E-state index contributed by atoms with van der Waals surface area (Å²) in [6.07, 6.45) is 11.3. The summed E-state index contributed by atoms with van der Waals surface area (Å²) in [6, 6.07) is 8.04. The Bertz CT molecular complexity index is 699. The van der Waals surface area contributed by atoms with E-state index in [1.807, 2.05) is 59.6 Å². The molecule has 0 saturated carbocycles. The molecule has 0 aromatic carbocycles. The molecule has 0 aliphatic heterocycles. The van der Waals surface area contributed by atoms with E-state index in [1.165, 1.54) is 25.7 Å². The fraction of sp³-hybridized carbons (Fsp3) is 0.500. The van der Waals surface area contributed by atoms with E-state index >= 15 is 0 Å². The minimum atomic E-state index is 0. The summed E-state index contributed by atoms with van der Waals surface area (Å²) in [5.41, 5.74) is 3.36. The second-order valence-electron chi connectivity index (χ2n) is 6.59. The molecule has 0 bridgehead atoms. The van der Waals surface area contributed by atoms with Gasteiger partial charge in [0.15, 0.2) is 0 Å². The van der Waals surface area contributed by atoms with Crippen LogP contribution < -0.4 is 11.0 Å². The molecule has 2 heterocycles. The first kappa shape index (κ1) is 24.9. The molecule has 0 aliphatic carbocycles. The highest BCUT2D eigenvalue weighted by Gasteiger charge is 1.98. The zero-order valence-electron chi connectivity index (χ0n) is 15.8. The first-order chi connectivity index (χ1) is 11.6. The van der Waals surface area contributed by atoms with Crippen LogP contribution in [0.25, 0.3) is 0 Å². The van der Waals surface area contributed by atoms with Crippen molar-refractivity contribution >= 4 is 34.0 Å². The smallest absolute Gasteiger partial charge is 0.127 e. The molecule has 0 aliphatic rings. The highest BCUT2D eigenvalue weighted by molar-refractivity contribution is 8.93. The number of unbranched alkanes of at least 4 members (excludes halogenated alkanes) is 5. The number of aromatic nitrogens is 2. The van der Waals surface area contributed by atoms with E-state index in [-0.39, 0.29) is 34.0 Å². The second kappa shape index (κ2) is 13.1. The SMILES string of the molecule is Br.Br.Cc1cccn(CCCCCCCCn2cccc(C)c2=N)c1=N. The van der Waals surface area contributed by atoms with E-state index in [2.05, 4.69) is 0 Å². The topological polar surface area (TPSA) is 57.6 Å². The molecule has 0 fully saturated rings. The van der Waals surface area contributed by atoms with Crippen LogP contribution in [0.15, 0.2) is 36.7 Å². The Labute approximate surface area is 177 Å². The van der Waals surface area contributed by atoms with Crippen molar-refractivity contribution < 1.29 is 0 Å². The molecule has 2 rings (SSSR count). The van der Waals surface area contributed by atoms with E-state index in [1.54, 1.807) is 0 Å². The average Bonchev–Trinajstić information content (AvgIpc) is 2.57. The lowest BCUT2D eigenvalue weighted by Crippen LogP contribution is -2.21. The van der Waals surface area contributed by atoms with Gasteiger partial charge in [-0.3, -0.25) is 10.8 Å². The van der Waals surface area contributed by atoms with Gasteiger partial charge in [-0.2, -0.15) is 0 Å². The van der Waals surface area contributed by atoms with Crippen molar-refractivity contribution in [2.24, 2.45) is 0 Å². The summed E-state index contributed by atoms with van der Waals surface area (Å²) in [7, 11) is 0. The quantitative estimate of drug-likeness (QED) is 0.464. The van der Waals surface area contributed by atoms with Crippen LogP contribution in [0.5, 0.6) is 0 Å². The Kier molecular flexibility index (Phi) is 12.5. The third-order valence-corrected chi connectivity index (χ3v) is 4.59. The van der Waals surface area contributed by atoms with Crippen molar-refractivity contribution in [3.63, 3.8) is 0 Å². The van der Waals surface area contributed by atoms with Gasteiger partial charge in [-0.05, 0) is 49.9 Å². The van der Waals surface area contributed by atoms with E-state index in [9.17, 15) is 0 Å². The van der Waals surface area contributed by atoms with Crippen LogP contribution in [0.2, 0.25) is 0 Å². The average molecular weight is 488 g/mol. The third-order valence-electron chi connectivity index (χ3n) is 4.59. The number of nitrogens with zero attached hydrogens (tertiary/aromatic N) is 2. The summed E-state index contributed by atoms with van der Waals surface area (Å²) in [5, 5.41) is 16.1. The molecular weight excluding hydrogens is 456 g/mol. The van der Waals surface area contributed by atoms with Gasteiger partial charge in [0.25, 0.3) is 0 Å².